The number of H-pyrrole nitrogens is 1. The number of methoxy groups -OCH3 is 2. The Kier molecular flexibility index (Phi) is 7.98. The summed E-state index contributed by atoms with van der Waals surface area (Å²) in [4.78, 5) is 41.0. The lowest BCUT2D eigenvalue weighted by atomic mass is 9.94. The third-order valence-electron chi connectivity index (χ3n) is 6.94. The van der Waals surface area contributed by atoms with Gasteiger partial charge < -0.3 is 24.4 Å². The van der Waals surface area contributed by atoms with Gasteiger partial charge in [0.2, 0.25) is 5.91 Å². The number of ether oxygens (including phenoxy) is 2. The minimum atomic E-state index is -1.23. The molecule has 0 saturated heterocycles. The van der Waals surface area contributed by atoms with Crippen molar-refractivity contribution >= 4 is 40.1 Å². The van der Waals surface area contributed by atoms with Crippen molar-refractivity contribution < 1.29 is 24.2 Å². The summed E-state index contributed by atoms with van der Waals surface area (Å²) in [5.74, 6) is -0.582. The van der Waals surface area contributed by atoms with E-state index in [4.69, 9.17) is 21.1 Å². The van der Waals surface area contributed by atoms with Gasteiger partial charge in [-0.2, -0.15) is 0 Å². The third-order valence-corrected chi connectivity index (χ3v) is 7.18. The lowest BCUT2D eigenvalue weighted by Gasteiger charge is -2.26. The maximum atomic E-state index is 13.7. The molecule has 1 aliphatic heterocycles. The van der Waals surface area contributed by atoms with E-state index in [1.807, 2.05) is 30.3 Å². The Morgan fingerprint density at radius 3 is 2.41 bits per heavy atom. The highest BCUT2D eigenvalue weighted by Crippen LogP contribution is 2.39. The molecule has 4 aromatic rings. The zero-order chi connectivity index (χ0) is 29.1. The van der Waals surface area contributed by atoms with Crippen molar-refractivity contribution in [2.75, 3.05) is 14.2 Å². The summed E-state index contributed by atoms with van der Waals surface area (Å²) in [5.41, 5.74) is 6.31. The summed E-state index contributed by atoms with van der Waals surface area (Å²) in [5, 5.41) is 13.6. The Hall–Kier alpha value is -4.76. The molecule has 210 valence electrons. The number of nitrogens with one attached hydrogen (secondary N) is 2. The molecule has 0 aliphatic carbocycles. The van der Waals surface area contributed by atoms with E-state index < -0.39 is 12.0 Å². The van der Waals surface area contributed by atoms with E-state index in [1.165, 1.54) is 19.2 Å². The normalized spacial score (nSPS) is 14.5. The molecule has 5 rings (SSSR count). The van der Waals surface area contributed by atoms with Gasteiger partial charge in [0.1, 0.15) is 0 Å². The maximum Gasteiger partial charge on any atom is 0.258 e. The Labute approximate surface area is 240 Å². The van der Waals surface area contributed by atoms with E-state index in [0.29, 0.717) is 44.4 Å². The van der Waals surface area contributed by atoms with Crippen LogP contribution in [0.25, 0.3) is 27.7 Å². The Balaban J connectivity index is 1.68. The first-order valence-corrected chi connectivity index (χ1v) is 13.3. The Bertz CT molecular complexity index is 1720. The van der Waals surface area contributed by atoms with Crippen LogP contribution in [0, 0.1) is 0 Å². The number of halogens is 1. The maximum absolute atomic E-state index is 13.7. The SMILES string of the molecule is COc1ccc([C@H]2C=C(c3c(-c4ccccc4)c4cc(Cl)ccc4[nH]c3=O)NN2C(=O)CCCC(=O)[O-])cc1OC. The highest BCUT2D eigenvalue weighted by atomic mass is 35.5. The molecule has 3 aromatic carbocycles. The molecule has 2 N–H and O–H groups in total. The van der Waals surface area contributed by atoms with Crippen LogP contribution in [0.5, 0.6) is 11.5 Å². The quantitative estimate of drug-likeness (QED) is 0.308. The molecule has 41 heavy (non-hydrogen) atoms. The first kappa shape index (κ1) is 27.8. The van der Waals surface area contributed by atoms with E-state index in [1.54, 1.807) is 42.5 Å². The molecule has 1 aliphatic rings. The van der Waals surface area contributed by atoms with Crippen LogP contribution in [-0.2, 0) is 9.59 Å². The summed E-state index contributed by atoms with van der Waals surface area (Å²) in [7, 11) is 3.05. The van der Waals surface area contributed by atoms with Crippen LogP contribution in [0.4, 0.5) is 0 Å². The van der Waals surface area contributed by atoms with Gasteiger partial charge in [0.15, 0.2) is 11.5 Å². The largest absolute Gasteiger partial charge is 0.550 e. The van der Waals surface area contributed by atoms with Crippen molar-refractivity contribution in [3.63, 3.8) is 0 Å². The Morgan fingerprint density at radius 1 is 0.951 bits per heavy atom. The predicted molar refractivity (Wildman–Crippen MR) is 154 cm³/mol. The summed E-state index contributed by atoms with van der Waals surface area (Å²) < 4.78 is 10.9. The van der Waals surface area contributed by atoms with Gasteiger partial charge in [-0.3, -0.25) is 15.0 Å². The number of nitrogens with zero attached hydrogens (tertiary/aromatic N) is 1. The number of aromatic amines is 1. The van der Waals surface area contributed by atoms with Crippen LogP contribution in [-0.4, -0.2) is 36.1 Å². The van der Waals surface area contributed by atoms with Gasteiger partial charge in [-0.25, -0.2) is 5.01 Å². The number of carboxylic acids is 1. The minimum Gasteiger partial charge on any atom is -0.550 e. The number of carbonyl (C=O) groups excluding carboxylic acids is 2. The minimum absolute atomic E-state index is 0.0406. The summed E-state index contributed by atoms with van der Waals surface area (Å²) >= 11 is 6.38. The van der Waals surface area contributed by atoms with E-state index in [9.17, 15) is 19.5 Å². The van der Waals surface area contributed by atoms with Crippen LogP contribution in [0.3, 0.4) is 0 Å². The second-order valence-corrected chi connectivity index (χ2v) is 9.94. The van der Waals surface area contributed by atoms with Gasteiger partial charge in [0, 0.05) is 33.9 Å². The molecule has 0 saturated carbocycles. The van der Waals surface area contributed by atoms with Gasteiger partial charge in [-0.05, 0) is 60.4 Å². The fraction of sp³-hybridized carbons (Fsp3) is 0.194. The van der Waals surface area contributed by atoms with Crippen molar-refractivity contribution in [3.8, 4) is 22.6 Å². The summed E-state index contributed by atoms with van der Waals surface area (Å²) in [6.07, 6.45) is 1.62. The fourth-order valence-corrected chi connectivity index (χ4v) is 5.21. The van der Waals surface area contributed by atoms with E-state index in [2.05, 4.69) is 10.4 Å². The molecule has 0 radical (unpaired) electrons. The van der Waals surface area contributed by atoms with Gasteiger partial charge in [0.05, 0.1) is 31.5 Å². The average Bonchev–Trinajstić information content (AvgIpc) is 3.41. The molecule has 2 heterocycles. The van der Waals surface area contributed by atoms with Crippen LogP contribution >= 0.6 is 11.6 Å². The number of carbonyl (C=O) groups is 2. The third kappa shape index (κ3) is 5.62. The average molecular weight is 573 g/mol. The van der Waals surface area contributed by atoms with Crippen LogP contribution < -0.4 is 25.6 Å². The Morgan fingerprint density at radius 2 is 1.71 bits per heavy atom. The predicted octanol–water partition coefficient (Wildman–Crippen LogP) is 4.21. The number of hydrogen-bond donors (Lipinski definition) is 2. The van der Waals surface area contributed by atoms with E-state index >= 15 is 0 Å². The van der Waals surface area contributed by atoms with E-state index in [0.717, 1.165) is 10.9 Å². The molecule has 10 heteroatoms. The van der Waals surface area contributed by atoms with Crippen LogP contribution in [0.1, 0.15) is 36.4 Å². The number of benzene rings is 3. The highest BCUT2D eigenvalue weighted by Gasteiger charge is 2.33. The molecule has 0 unspecified atom stereocenters. The zero-order valence-corrected chi connectivity index (χ0v) is 23.2. The van der Waals surface area contributed by atoms with Gasteiger partial charge >= 0.3 is 0 Å². The monoisotopic (exact) mass is 572 g/mol. The number of aliphatic carboxylic acids is 1. The van der Waals surface area contributed by atoms with Crippen LogP contribution in [0.15, 0.2) is 77.6 Å². The molecular formula is C31H27ClN3O6-. The van der Waals surface area contributed by atoms with Gasteiger partial charge in [-0.15, -0.1) is 0 Å². The van der Waals surface area contributed by atoms with Gasteiger partial charge in [0.25, 0.3) is 5.56 Å². The number of carboxylic acid groups (broad SMARTS) is 1. The number of hydrogen-bond acceptors (Lipinski definition) is 7. The number of amides is 1. The summed E-state index contributed by atoms with van der Waals surface area (Å²) in [6, 6.07) is 19.4. The van der Waals surface area contributed by atoms with E-state index in [-0.39, 0.29) is 30.7 Å². The van der Waals surface area contributed by atoms with Crippen LogP contribution in [0.2, 0.25) is 5.02 Å². The lowest BCUT2D eigenvalue weighted by molar-refractivity contribution is -0.305. The number of pyridine rings is 1. The molecule has 1 atom stereocenters. The van der Waals surface area contributed by atoms with Crippen molar-refractivity contribution in [3.05, 3.63) is 99.3 Å². The molecule has 0 bridgehead atoms. The van der Waals surface area contributed by atoms with Crippen molar-refractivity contribution in [2.24, 2.45) is 0 Å². The fourth-order valence-electron chi connectivity index (χ4n) is 5.04. The first-order chi connectivity index (χ1) is 19.8. The molecule has 1 amide bonds. The summed E-state index contributed by atoms with van der Waals surface area (Å²) in [6.45, 7) is 0. The number of aromatic nitrogens is 1. The standard InChI is InChI=1S/C31H28ClN3O6/c1-40-25-14-11-19(15-26(25)41-2)24-17-23(34-35(24)27(36)9-6-10-28(37)38)30-29(18-7-4-3-5-8-18)21-16-20(32)12-13-22(21)33-31(30)39/h3-5,7-8,11-17,24,34H,6,9-10H2,1-2H3,(H,33,39)(H,37,38)/p-1/t24-/m1/s1. The molecule has 0 fully saturated rings. The van der Waals surface area contributed by atoms with Crippen molar-refractivity contribution in [1.82, 2.24) is 15.4 Å². The van der Waals surface area contributed by atoms with Crippen molar-refractivity contribution in [1.29, 1.82) is 0 Å². The second kappa shape index (κ2) is 11.8. The topological polar surface area (TPSA) is 124 Å². The first-order valence-electron chi connectivity index (χ1n) is 12.9. The number of rotatable bonds is 9. The smallest absolute Gasteiger partial charge is 0.258 e. The van der Waals surface area contributed by atoms with Crippen molar-refractivity contribution in [2.45, 2.75) is 25.3 Å². The molecule has 1 aromatic heterocycles. The lowest BCUT2D eigenvalue weighted by Crippen LogP contribution is -2.40. The highest BCUT2D eigenvalue weighted by molar-refractivity contribution is 6.31. The zero-order valence-electron chi connectivity index (χ0n) is 22.4. The molecular weight excluding hydrogens is 546 g/mol. The molecule has 9 nitrogen and oxygen atoms in total. The number of fused-ring (bicyclic) bond motifs is 1. The second-order valence-electron chi connectivity index (χ2n) is 9.50. The number of hydrazine groups is 1. The molecule has 0 spiro atoms. The van der Waals surface area contributed by atoms with Gasteiger partial charge in [-0.1, -0.05) is 48.0 Å².